The first-order valence-electron chi connectivity index (χ1n) is 9.22. The summed E-state index contributed by atoms with van der Waals surface area (Å²) in [5.74, 6) is 0.562. The lowest BCUT2D eigenvalue weighted by atomic mass is 9.97. The Morgan fingerprint density at radius 3 is 2.75 bits per heavy atom. The Kier molecular flexibility index (Phi) is 4.40. The summed E-state index contributed by atoms with van der Waals surface area (Å²) in [6.45, 7) is 3.89. The average molecular weight is 328 g/mol. The summed E-state index contributed by atoms with van der Waals surface area (Å²) >= 11 is 0. The zero-order valence-electron chi connectivity index (χ0n) is 14.3. The van der Waals surface area contributed by atoms with Crippen molar-refractivity contribution in [2.24, 2.45) is 0 Å². The van der Waals surface area contributed by atoms with Gasteiger partial charge in [0.2, 0.25) is 0 Å². The summed E-state index contributed by atoms with van der Waals surface area (Å²) in [6, 6.07) is 3.30. The summed E-state index contributed by atoms with van der Waals surface area (Å²) in [7, 11) is 0. The molecular formula is C20H25FN2O. The van der Waals surface area contributed by atoms with E-state index in [4.69, 9.17) is 9.72 Å². The molecule has 1 aliphatic heterocycles. The van der Waals surface area contributed by atoms with E-state index in [1.807, 2.05) is 6.92 Å². The highest BCUT2D eigenvalue weighted by atomic mass is 19.1. The molecule has 0 atom stereocenters. The number of aromatic nitrogens is 1. The molecular weight excluding hydrogens is 303 g/mol. The van der Waals surface area contributed by atoms with Crippen molar-refractivity contribution >= 4 is 10.9 Å². The minimum atomic E-state index is -0.189. The molecule has 128 valence electrons. The molecule has 2 aliphatic rings. The summed E-state index contributed by atoms with van der Waals surface area (Å²) in [5.41, 5.74) is 4.05. The number of nitrogens with zero attached hydrogens (tertiary/aromatic N) is 1. The lowest BCUT2D eigenvalue weighted by molar-refractivity contribution is 0.156. The molecule has 1 aromatic carbocycles. The fraction of sp³-hybridized carbons (Fsp3) is 0.550. The lowest BCUT2D eigenvalue weighted by Gasteiger charge is -2.24. The van der Waals surface area contributed by atoms with Gasteiger partial charge in [-0.25, -0.2) is 9.37 Å². The van der Waals surface area contributed by atoms with Crippen LogP contribution in [0.5, 0.6) is 5.75 Å². The maximum atomic E-state index is 14.6. The second-order valence-corrected chi connectivity index (χ2v) is 7.06. The first-order valence-corrected chi connectivity index (χ1v) is 9.22. The normalized spacial score (nSPS) is 19.1. The van der Waals surface area contributed by atoms with E-state index in [1.165, 1.54) is 30.9 Å². The van der Waals surface area contributed by atoms with Crippen molar-refractivity contribution in [3.05, 3.63) is 34.8 Å². The Labute approximate surface area is 142 Å². The SMILES string of the molecule is Cc1c2c(nc3c(OC4CCCCC4)ccc(F)c13)CCNCC2. The van der Waals surface area contributed by atoms with Crippen LogP contribution in [0.3, 0.4) is 0 Å². The molecule has 1 saturated carbocycles. The molecule has 4 rings (SSSR count). The molecule has 0 unspecified atom stereocenters. The number of rotatable bonds is 2. The zero-order chi connectivity index (χ0) is 16.5. The topological polar surface area (TPSA) is 34.1 Å². The molecule has 2 aromatic rings. The van der Waals surface area contributed by atoms with Gasteiger partial charge in [0.05, 0.1) is 6.10 Å². The fourth-order valence-corrected chi connectivity index (χ4v) is 4.13. The van der Waals surface area contributed by atoms with Crippen molar-refractivity contribution in [2.45, 2.75) is 58.0 Å². The largest absolute Gasteiger partial charge is 0.488 e. The molecule has 1 fully saturated rings. The van der Waals surface area contributed by atoms with Crippen LogP contribution in [0.4, 0.5) is 4.39 Å². The molecule has 1 aliphatic carbocycles. The number of fused-ring (bicyclic) bond motifs is 2. The second-order valence-electron chi connectivity index (χ2n) is 7.06. The van der Waals surface area contributed by atoms with Crippen LogP contribution in [-0.2, 0) is 12.8 Å². The van der Waals surface area contributed by atoms with Crippen LogP contribution in [0.25, 0.3) is 10.9 Å². The van der Waals surface area contributed by atoms with Gasteiger partial charge in [0, 0.05) is 24.0 Å². The van der Waals surface area contributed by atoms with Crippen LogP contribution in [0.1, 0.15) is 48.9 Å². The number of benzene rings is 1. The number of hydrogen-bond acceptors (Lipinski definition) is 3. The van der Waals surface area contributed by atoms with Crippen LogP contribution in [0, 0.1) is 12.7 Å². The van der Waals surface area contributed by atoms with Gasteiger partial charge in [0.15, 0.2) is 0 Å². The number of nitrogens with one attached hydrogen (secondary N) is 1. The third-order valence-corrected chi connectivity index (χ3v) is 5.45. The van der Waals surface area contributed by atoms with Crippen molar-refractivity contribution in [1.82, 2.24) is 10.3 Å². The molecule has 4 heteroatoms. The minimum absolute atomic E-state index is 0.189. The van der Waals surface area contributed by atoms with Crippen molar-refractivity contribution in [1.29, 1.82) is 0 Å². The summed E-state index contributed by atoms with van der Waals surface area (Å²) in [4.78, 5) is 4.86. The third kappa shape index (κ3) is 2.88. The maximum absolute atomic E-state index is 14.6. The van der Waals surface area contributed by atoms with Crippen LogP contribution >= 0.6 is 0 Å². The predicted molar refractivity (Wildman–Crippen MR) is 94.2 cm³/mol. The van der Waals surface area contributed by atoms with Gasteiger partial charge in [-0.05, 0) is 68.8 Å². The fourth-order valence-electron chi connectivity index (χ4n) is 4.13. The molecule has 3 nitrogen and oxygen atoms in total. The van der Waals surface area contributed by atoms with Crippen LogP contribution in [-0.4, -0.2) is 24.2 Å². The Morgan fingerprint density at radius 1 is 1.12 bits per heavy atom. The number of hydrogen-bond donors (Lipinski definition) is 1. The smallest absolute Gasteiger partial charge is 0.146 e. The summed E-state index contributed by atoms with van der Waals surface area (Å²) in [5, 5.41) is 4.05. The molecule has 24 heavy (non-hydrogen) atoms. The average Bonchev–Trinajstić information content (AvgIpc) is 2.84. The van der Waals surface area contributed by atoms with Gasteiger partial charge in [0.25, 0.3) is 0 Å². The first kappa shape index (κ1) is 15.8. The van der Waals surface area contributed by atoms with E-state index < -0.39 is 0 Å². The van der Waals surface area contributed by atoms with Gasteiger partial charge in [-0.1, -0.05) is 6.42 Å². The molecule has 2 heterocycles. The van der Waals surface area contributed by atoms with E-state index in [9.17, 15) is 4.39 Å². The molecule has 0 spiro atoms. The van der Waals surface area contributed by atoms with Gasteiger partial charge in [-0.15, -0.1) is 0 Å². The van der Waals surface area contributed by atoms with E-state index in [0.717, 1.165) is 55.8 Å². The Balaban J connectivity index is 1.81. The summed E-state index contributed by atoms with van der Waals surface area (Å²) < 4.78 is 20.8. The molecule has 0 bridgehead atoms. The molecule has 0 radical (unpaired) electrons. The lowest BCUT2D eigenvalue weighted by Crippen LogP contribution is -2.20. The van der Waals surface area contributed by atoms with E-state index in [0.29, 0.717) is 10.9 Å². The van der Waals surface area contributed by atoms with Gasteiger partial charge in [0.1, 0.15) is 17.1 Å². The van der Waals surface area contributed by atoms with E-state index in [1.54, 1.807) is 6.07 Å². The van der Waals surface area contributed by atoms with Crippen LogP contribution < -0.4 is 10.1 Å². The highest BCUT2D eigenvalue weighted by Crippen LogP contribution is 2.34. The number of halogens is 1. The zero-order valence-corrected chi connectivity index (χ0v) is 14.3. The maximum Gasteiger partial charge on any atom is 0.146 e. The standard InChI is InChI=1S/C20H25FN2O/c1-13-15-9-11-22-12-10-17(15)23-20-18(8-7-16(21)19(13)20)24-14-5-3-2-4-6-14/h7-8,14,22H,2-6,9-12H2,1H3. The molecule has 0 saturated heterocycles. The van der Waals surface area contributed by atoms with E-state index in [-0.39, 0.29) is 11.9 Å². The van der Waals surface area contributed by atoms with Gasteiger partial charge in [-0.2, -0.15) is 0 Å². The summed E-state index contributed by atoms with van der Waals surface area (Å²) in [6.07, 6.45) is 7.97. The highest BCUT2D eigenvalue weighted by Gasteiger charge is 2.21. The van der Waals surface area contributed by atoms with Crippen LogP contribution in [0.2, 0.25) is 0 Å². The van der Waals surface area contributed by atoms with Crippen LogP contribution in [0.15, 0.2) is 12.1 Å². The van der Waals surface area contributed by atoms with Crippen molar-refractivity contribution in [3.63, 3.8) is 0 Å². The number of pyridine rings is 1. The minimum Gasteiger partial charge on any atom is -0.488 e. The number of aryl methyl sites for hydroxylation is 1. The monoisotopic (exact) mass is 328 g/mol. The van der Waals surface area contributed by atoms with Gasteiger partial charge >= 0.3 is 0 Å². The Hall–Kier alpha value is -1.68. The Bertz CT molecular complexity index is 753. The highest BCUT2D eigenvalue weighted by molar-refractivity contribution is 5.89. The third-order valence-electron chi connectivity index (χ3n) is 5.45. The van der Waals surface area contributed by atoms with Gasteiger partial charge < -0.3 is 10.1 Å². The number of ether oxygens (including phenoxy) is 1. The van der Waals surface area contributed by atoms with Crippen molar-refractivity contribution in [3.8, 4) is 5.75 Å². The predicted octanol–water partition coefficient (Wildman–Crippen LogP) is 4.08. The molecule has 1 aromatic heterocycles. The van der Waals surface area contributed by atoms with Crippen molar-refractivity contribution in [2.75, 3.05) is 13.1 Å². The van der Waals surface area contributed by atoms with E-state index in [2.05, 4.69) is 5.32 Å². The van der Waals surface area contributed by atoms with Crippen molar-refractivity contribution < 1.29 is 9.13 Å². The van der Waals surface area contributed by atoms with Gasteiger partial charge in [-0.3, -0.25) is 0 Å². The quantitative estimate of drug-likeness (QED) is 0.902. The first-order chi connectivity index (χ1) is 11.7. The van der Waals surface area contributed by atoms with E-state index >= 15 is 0 Å². The second kappa shape index (κ2) is 6.67. The Morgan fingerprint density at radius 2 is 1.92 bits per heavy atom. The molecule has 1 N–H and O–H groups in total. The molecule has 0 amide bonds.